The lowest BCUT2D eigenvalue weighted by molar-refractivity contribution is 0.0699. The van der Waals surface area contributed by atoms with Crippen LogP contribution in [0, 0.1) is 0 Å². The molecule has 0 aliphatic heterocycles. The van der Waals surface area contributed by atoms with Crippen LogP contribution in [-0.4, -0.2) is 16.9 Å². The normalized spacial score (nSPS) is 11.3. The van der Waals surface area contributed by atoms with Crippen molar-refractivity contribution in [1.29, 1.82) is 0 Å². The van der Waals surface area contributed by atoms with Crippen molar-refractivity contribution < 1.29 is 14.7 Å². The molecule has 0 spiro atoms. The molecular formula is C24H24O3. The van der Waals surface area contributed by atoms with Gasteiger partial charge in [0.25, 0.3) is 0 Å². The van der Waals surface area contributed by atoms with Gasteiger partial charge >= 0.3 is 5.97 Å². The van der Waals surface area contributed by atoms with Gasteiger partial charge in [-0.05, 0) is 45.9 Å². The van der Waals surface area contributed by atoms with Gasteiger partial charge in [0, 0.05) is 11.1 Å². The molecule has 0 saturated heterocycles. The lowest BCUT2D eigenvalue weighted by atomic mass is 9.88. The summed E-state index contributed by atoms with van der Waals surface area (Å²) in [7, 11) is 0. The van der Waals surface area contributed by atoms with Gasteiger partial charge in [-0.1, -0.05) is 70.2 Å². The van der Waals surface area contributed by atoms with Crippen molar-refractivity contribution in [3.05, 3.63) is 82.4 Å². The predicted octanol–water partition coefficient (Wildman–Crippen LogP) is 6.02. The van der Waals surface area contributed by atoms with E-state index >= 15 is 0 Å². The van der Waals surface area contributed by atoms with Crippen molar-refractivity contribution >= 4 is 22.5 Å². The average Bonchev–Trinajstić information content (AvgIpc) is 2.65. The van der Waals surface area contributed by atoms with E-state index in [-0.39, 0.29) is 17.3 Å². The van der Waals surface area contributed by atoms with Gasteiger partial charge in [0.2, 0.25) is 0 Å². The molecule has 0 bridgehead atoms. The summed E-state index contributed by atoms with van der Waals surface area (Å²) in [6.07, 6.45) is 0. The topological polar surface area (TPSA) is 54.4 Å². The van der Waals surface area contributed by atoms with Crippen molar-refractivity contribution in [1.82, 2.24) is 0 Å². The van der Waals surface area contributed by atoms with Crippen LogP contribution in [0.1, 0.15) is 76.9 Å². The van der Waals surface area contributed by atoms with E-state index in [0.717, 1.165) is 10.9 Å². The number of fused-ring (bicyclic) bond motifs is 1. The predicted molar refractivity (Wildman–Crippen MR) is 109 cm³/mol. The number of hydrogen-bond acceptors (Lipinski definition) is 2. The second-order valence-corrected chi connectivity index (χ2v) is 7.53. The minimum absolute atomic E-state index is 0.0309. The minimum Gasteiger partial charge on any atom is -0.478 e. The summed E-state index contributed by atoms with van der Waals surface area (Å²) in [5.74, 6) is -0.355. The Morgan fingerprint density at radius 2 is 1.56 bits per heavy atom. The second kappa shape index (κ2) is 7.36. The zero-order valence-electron chi connectivity index (χ0n) is 16.1. The highest BCUT2D eigenvalue weighted by molar-refractivity contribution is 6.13. The third-order valence-corrected chi connectivity index (χ3v) is 4.98. The van der Waals surface area contributed by atoms with E-state index in [0.29, 0.717) is 22.4 Å². The van der Waals surface area contributed by atoms with Crippen LogP contribution in [0.5, 0.6) is 0 Å². The van der Waals surface area contributed by atoms with E-state index in [1.807, 2.05) is 18.2 Å². The molecular weight excluding hydrogens is 336 g/mol. The number of carbonyl (C=O) groups excluding carboxylic acids is 1. The quantitative estimate of drug-likeness (QED) is 0.566. The van der Waals surface area contributed by atoms with Crippen LogP contribution >= 0.6 is 0 Å². The van der Waals surface area contributed by atoms with Crippen LogP contribution in [0.3, 0.4) is 0 Å². The number of carbonyl (C=O) groups is 2. The van der Waals surface area contributed by atoms with E-state index in [2.05, 4.69) is 33.8 Å². The average molecular weight is 360 g/mol. The summed E-state index contributed by atoms with van der Waals surface area (Å²) >= 11 is 0. The molecule has 3 aromatic carbocycles. The van der Waals surface area contributed by atoms with Crippen molar-refractivity contribution in [3.8, 4) is 0 Å². The summed E-state index contributed by atoms with van der Waals surface area (Å²) in [4.78, 5) is 24.6. The Balaban J connectivity index is 2.10. The van der Waals surface area contributed by atoms with Gasteiger partial charge in [0.05, 0.1) is 5.56 Å². The Kier molecular flexibility index (Phi) is 5.13. The third kappa shape index (κ3) is 3.63. The Morgan fingerprint density at radius 1 is 0.815 bits per heavy atom. The van der Waals surface area contributed by atoms with E-state index < -0.39 is 5.97 Å². The molecule has 1 N–H and O–H groups in total. The largest absolute Gasteiger partial charge is 0.478 e. The fourth-order valence-corrected chi connectivity index (χ4v) is 3.39. The maximum absolute atomic E-state index is 13.2. The Morgan fingerprint density at radius 3 is 2.19 bits per heavy atom. The molecule has 0 aliphatic carbocycles. The summed E-state index contributed by atoms with van der Waals surface area (Å²) in [6.45, 7) is 8.47. The van der Waals surface area contributed by atoms with Gasteiger partial charge in [0.1, 0.15) is 0 Å². The van der Waals surface area contributed by atoms with Gasteiger partial charge < -0.3 is 5.11 Å². The first-order valence-corrected chi connectivity index (χ1v) is 9.24. The van der Waals surface area contributed by atoms with Crippen LogP contribution in [0.15, 0.2) is 54.6 Å². The van der Waals surface area contributed by atoms with Crippen molar-refractivity contribution in [2.45, 2.75) is 39.5 Å². The SMILES string of the molecule is CC(C)c1ccc(C(=O)c2ccc3c(C(=O)O)cccc3c2)c(C(C)C)c1. The van der Waals surface area contributed by atoms with Crippen molar-refractivity contribution in [2.75, 3.05) is 0 Å². The molecule has 0 saturated carbocycles. The monoisotopic (exact) mass is 360 g/mol. The molecule has 0 aromatic heterocycles. The van der Waals surface area contributed by atoms with Crippen molar-refractivity contribution in [3.63, 3.8) is 0 Å². The van der Waals surface area contributed by atoms with E-state index in [1.54, 1.807) is 30.3 Å². The lowest BCUT2D eigenvalue weighted by Crippen LogP contribution is -2.08. The van der Waals surface area contributed by atoms with Gasteiger partial charge in [0.15, 0.2) is 5.78 Å². The summed E-state index contributed by atoms with van der Waals surface area (Å²) in [5.41, 5.74) is 3.80. The first kappa shape index (κ1) is 18.8. The maximum Gasteiger partial charge on any atom is 0.336 e. The zero-order chi connectivity index (χ0) is 19.7. The molecule has 3 nitrogen and oxygen atoms in total. The van der Waals surface area contributed by atoms with Crippen LogP contribution in [-0.2, 0) is 0 Å². The highest BCUT2D eigenvalue weighted by atomic mass is 16.4. The molecule has 0 fully saturated rings. The van der Waals surface area contributed by atoms with Crippen LogP contribution < -0.4 is 0 Å². The van der Waals surface area contributed by atoms with Gasteiger partial charge in [-0.25, -0.2) is 4.79 Å². The molecule has 0 aliphatic rings. The molecule has 0 amide bonds. The van der Waals surface area contributed by atoms with E-state index in [4.69, 9.17) is 0 Å². The number of carboxylic acid groups (broad SMARTS) is 1. The highest BCUT2D eigenvalue weighted by Gasteiger charge is 2.18. The van der Waals surface area contributed by atoms with Gasteiger partial charge in [-0.3, -0.25) is 4.79 Å². The number of carboxylic acids is 1. The number of ketones is 1. The maximum atomic E-state index is 13.2. The molecule has 0 radical (unpaired) electrons. The molecule has 0 unspecified atom stereocenters. The van der Waals surface area contributed by atoms with Crippen LogP contribution in [0.4, 0.5) is 0 Å². The second-order valence-electron chi connectivity index (χ2n) is 7.53. The zero-order valence-corrected chi connectivity index (χ0v) is 16.1. The first-order chi connectivity index (χ1) is 12.8. The van der Waals surface area contributed by atoms with Gasteiger partial charge in [-0.15, -0.1) is 0 Å². The number of benzene rings is 3. The molecule has 3 rings (SSSR count). The minimum atomic E-state index is -0.967. The molecule has 0 heterocycles. The molecule has 27 heavy (non-hydrogen) atoms. The Hall–Kier alpha value is -2.94. The highest BCUT2D eigenvalue weighted by Crippen LogP contribution is 2.28. The summed E-state index contributed by atoms with van der Waals surface area (Å²) in [5, 5.41) is 10.7. The lowest BCUT2D eigenvalue weighted by Gasteiger charge is -2.16. The third-order valence-electron chi connectivity index (χ3n) is 4.98. The van der Waals surface area contributed by atoms with Crippen LogP contribution in [0.2, 0.25) is 0 Å². The Bertz CT molecular complexity index is 1030. The molecule has 3 heteroatoms. The molecule has 138 valence electrons. The summed E-state index contributed by atoms with van der Waals surface area (Å²) < 4.78 is 0. The number of aromatic carboxylic acids is 1. The summed E-state index contributed by atoms with van der Waals surface area (Å²) in [6, 6.07) is 16.4. The standard InChI is InChI=1S/C24H24O3/c1-14(2)16-8-11-20(22(13-16)15(3)4)23(25)18-9-10-19-17(12-18)6-5-7-21(19)24(26)27/h5-15H,1-4H3,(H,26,27). The molecule has 3 aromatic rings. The van der Waals surface area contributed by atoms with Gasteiger partial charge in [-0.2, -0.15) is 0 Å². The fraction of sp³-hybridized carbons (Fsp3) is 0.250. The molecule has 0 atom stereocenters. The van der Waals surface area contributed by atoms with E-state index in [9.17, 15) is 14.7 Å². The van der Waals surface area contributed by atoms with Crippen molar-refractivity contribution in [2.24, 2.45) is 0 Å². The first-order valence-electron chi connectivity index (χ1n) is 9.24. The van der Waals surface area contributed by atoms with E-state index in [1.165, 1.54) is 5.56 Å². The smallest absolute Gasteiger partial charge is 0.336 e. The number of hydrogen-bond donors (Lipinski definition) is 1. The Labute approximate surface area is 159 Å². The van der Waals surface area contributed by atoms with Crippen LogP contribution in [0.25, 0.3) is 10.8 Å². The fourth-order valence-electron chi connectivity index (χ4n) is 3.39. The number of rotatable bonds is 5.